The number of fused-ring (bicyclic) bond motifs is 1. The highest BCUT2D eigenvalue weighted by Gasteiger charge is 2.39. The number of carbonyl (C=O) groups is 2. The number of halogens is 1. The van der Waals surface area contributed by atoms with Crippen LogP contribution in [-0.2, 0) is 20.9 Å². The Morgan fingerprint density at radius 2 is 1.73 bits per heavy atom. The standard InChI is InChI=1S/C25H29BrO4/c1-24(2)11-12-25(3,4)22-18(7-6-8-19(22)24)20(27)15-30-21-10-9-16(23(28)29-5)13-17(21)14-26/h6-10,13H,11-12,14-15H2,1-5H3. The second-order valence-corrected chi connectivity index (χ2v) is 9.72. The van der Waals surface area contributed by atoms with Crippen molar-refractivity contribution in [3.63, 3.8) is 0 Å². The van der Waals surface area contributed by atoms with Crippen LogP contribution in [0.25, 0.3) is 0 Å². The van der Waals surface area contributed by atoms with Gasteiger partial charge in [0, 0.05) is 16.5 Å². The molecule has 5 heteroatoms. The lowest BCUT2D eigenvalue weighted by atomic mass is 9.62. The van der Waals surface area contributed by atoms with Crippen LogP contribution >= 0.6 is 15.9 Å². The summed E-state index contributed by atoms with van der Waals surface area (Å²) >= 11 is 3.43. The van der Waals surface area contributed by atoms with Crippen molar-refractivity contribution in [2.24, 2.45) is 0 Å². The molecule has 0 heterocycles. The summed E-state index contributed by atoms with van der Waals surface area (Å²) in [6.45, 7) is 8.87. The van der Waals surface area contributed by atoms with Gasteiger partial charge in [0.25, 0.3) is 0 Å². The smallest absolute Gasteiger partial charge is 0.337 e. The monoisotopic (exact) mass is 472 g/mol. The lowest BCUT2D eigenvalue weighted by Gasteiger charge is -2.42. The highest BCUT2D eigenvalue weighted by Crippen LogP contribution is 2.47. The summed E-state index contributed by atoms with van der Waals surface area (Å²) in [5.74, 6) is 0.146. The van der Waals surface area contributed by atoms with Gasteiger partial charge < -0.3 is 9.47 Å². The van der Waals surface area contributed by atoms with Crippen molar-refractivity contribution in [3.8, 4) is 5.75 Å². The Bertz CT molecular complexity index is 975. The van der Waals surface area contributed by atoms with Gasteiger partial charge >= 0.3 is 5.97 Å². The van der Waals surface area contributed by atoms with Gasteiger partial charge in [0.15, 0.2) is 6.61 Å². The van der Waals surface area contributed by atoms with Crippen molar-refractivity contribution in [1.82, 2.24) is 0 Å². The van der Waals surface area contributed by atoms with Crippen LogP contribution in [0, 0.1) is 0 Å². The quantitative estimate of drug-likeness (QED) is 0.294. The number of hydrogen-bond acceptors (Lipinski definition) is 4. The highest BCUT2D eigenvalue weighted by atomic mass is 79.9. The van der Waals surface area contributed by atoms with Crippen LogP contribution in [0.2, 0.25) is 0 Å². The first-order valence-corrected chi connectivity index (χ1v) is 11.3. The van der Waals surface area contributed by atoms with Gasteiger partial charge in [0.1, 0.15) is 5.75 Å². The molecular formula is C25H29BrO4. The largest absolute Gasteiger partial charge is 0.485 e. The van der Waals surface area contributed by atoms with E-state index < -0.39 is 5.97 Å². The molecule has 1 aliphatic carbocycles. The number of esters is 1. The zero-order chi connectivity index (χ0) is 22.1. The molecule has 2 aromatic rings. The average molecular weight is 473 g/mol. The van der Waals surface area contributed by atoms with E-state index in [9.17, 15) is 9.59 Å². The number of methoxy groups -OCH3 is 1. The first-order valence-electron chi connectivity index (χ1n) is 10.2. The summed E-state index contributed by atoms with van der Waals surface area (Å²) < 4.78 is 10.7. The zero-order valence-electron chi connectivity index (χ0n) is 18.3. The van der Waals surface area contributed by atoms with Crippen LogP contribution in [-0.4, -0.2) is 25.5 Å². The van der Waals surface area contributed by atoms with Crippen molar-refractivity contribution in [2.75, 3.05) is 13.7 Å². The molecule has 2 aromatic carbocycles. The third-order valence-electron chi connectivity index (χ3n) is 6.13. The minimum atomic E-state index is -0.402. The summed E-state index contributed by atoms with van der Waals surface area (Å²) in [5, 5.41) is 0.503. The Kier molecular flexibility index (Phi) is 6.42. The van der Waals surface area contributed by atoms with Gasteiger partial charge in [-0.1, -0.05) is 61.8 Å². The predicted molar refractivity (Wildman–Crippen MR) is 122 cm³/mol. The molecule has 0 saturated carbocycles. The summed E-state index contributed by atoms with van der Waals surface area (Å²) in [5.41, 5.74) is 4.39. The van der Waals surface area contributed by atoms with Gasteiger partial charge in [-0.05, 0) is 53.0 Å². The second-order valence-electron chi connectivity index (χ2n) is 9.16. The van der Waals surface area contributed by atoms with E-state index in [0.29, 0.717) is 16.6 Å². The molecular weight excluding hydrogens is 444 g/mol. The van der Waals surface area contributed by atoms with E-state index in [2.05, 4.69) is 49.7 Å². The van der Waals surface area contributed by atoms with Crippen molar-refractivity contribution in [1.29, 1.82) is 0 Å². The van der Waals surface area contributed by atoms with E-state index in [0.717, 1.165) is 29.5 Å². The Balaban J connectivity index is 1.87. The van der Waals surface area contributed by atoms with Gasteiger partial charge in [-0.25, -0.2) is 4.79 Å². The predicted octanol–water partition coefficient (Wildman–Crippen LogP) is 5.98. The van der Waals surface area contributed by atoms with Gasteiger partial charge in [0.2, 0.25) is 5.78 Å². The topological polar surface area (TPSA) is 52.6 Å². The van der Waals surface area contributed by atoms with Gasteiger partial charge in [0.05, 0.1) is 12.7 Å². The third kappa shape index (κ3) is 4.31. The maximum absolute atomic E-state index is 13.2. The lowest BCUT2D eigenvalue weighted by molar-refractivity contribution is 0.0600. The molecule has 0 amide bonds. The van der Waals surface area contributed by atoms with Crippen LogP contribution in [0.4, 0.5) is 0 Å². The molecule has 0 atom stereocenters. The summed E-state index contributed by atoms with van der Waals surface area (Å²) in [6.07, 6.45) is 2.14. The molecule has 0 saturated heterocycles. The first kappa shape index (κ1) is 22.5. The fourth-order valence-corrected chi connectivity index (χ4v) is 4.69. The molecule has 1 aliphatic rings. The van der Waals surface area contributed by atoms with Crippen LogP contribution in [0.5, 0.6) is 5.75 Å². The zero-order valence-corrected chi connectivity index (χ0v) is 19.9. The van der Waals surface area contributed by atoms with Crippen molar-refractivity contribution >= 4 is 27.7 Å². The molecule has 4 nitrogen and oxygen atoms in total. The molecule has 0 aromatic heterocycles. The number of rotatable bonds is 6. The molecule has 0 bridgehead atoms. The second kappa shape index (κ2) is 8.54. The summed E-state index contributed by atoms with van der Waals surface area (Å²) in [6, 6.07) is 11.1. The molecule has 3 rings (SSSR count). The molecule has 160 valence electrons. The van der Waals surface area contributed by atoms with E-state index in [1.807, 2.05) is 12.1 Å². The fourth-order valence-electron chi connectivity index (χ4n) is 4.25. The van der Waals surface area contributed by atoms with Crippen molar-refractivity contribution < 1.29 is 19.1 Å². The minimum Gasteiger partial charge on any atom is -0.485 e. The van der Waals surface area contributed by atoms with Gasteiger partial charge in [-0.3, -0.25) is 4.79 Å². The lowest BCUT2D eigenvalue weighted by Crippen LogP contribution is -2.36. The van der Waals surface area contributed by atoms with Crippen LogP contribution < -0.4 is 4.74 Å². The molecule has 0 fully saturated rings. The van der Waals surface area contributed by atoms with Crippen molar-refractivity contribution in [3.05, 3.63) is 64.2 Å². The highest BCUT2D eigenvalue weighted by molar-refractivity contribution is 9.08. The van der Waals surface area contributed by atoms with E-state index >= 15 is 0 Å². The Morgan fingerprint density at radius 1 is 1.03 bits per heavy atom. The van der Waals surface area contributed by atoms with E-state index in [-0.39, 0.29) is 23.2 Å². The number of alkyl halides is 1. The maximum atomic E-state index is 13.2. The number of benzene rings is 2. The van der Waals surface area contributed by atoms with Crippen molar-refractivity contribution in [2.45, 2.75) is 56.7 Å². The Labute approximate surface area is 187 Å². The van der Waals surface area contributed by atoms with Gasteiger partial charge in [-0.2, -0.15) is 0 Å². The number of carbonyl (C=O) groups excluding carboxylic acids is 2. The van der Waals surface area contributed by atoms with E-state index in [1.54, 1.807) is 18.2 Å². The maximum Gasteiger partial charge on any atom is 0.337 e. The fraction of sp³-hybridized carbons (Fsp3) is 0.440. The summed E-state index contributed by atoms with van der Waals surface area (Å²) in [7, 11) is 1.35. The Hall–Kier alpha value is -2.14. The summed E-state index contributed by atoms with van der Waals surface area (Å²) in [4.78, 5) is 25.0. The number of ether oxygens (including phenoxy) is 2. The molecule has 30 heavy (non-hydrogen) atoms. The molecule has 0 N–H and O–H groups in total. The molecule has 0 radical (unpaired) electrons. The molecule has 0 spiro atoms. The number of hydrogen-bond donors (Lipinski definition) is 0. The van der Waals surface area contributed by atoms with E-state index in [1.165, 1.54) is 12.7 Å². The van der Waals surface area contributed by atoms with Crippen LogP contribution in [0.15, 0.2) is 36.4 Å². The normalized spacial score (nSPS) is 16.5. The SMILES string of the molecule is COC(=O)c1ccc(OCC(=O)c2cccc3c2C(C)(C)CCC3(C)C)c(CBr)c1. The minimum absolute atomic E-state index is 0.0322. The Morgan fingerprint density at radius 3 is 2.40 bits per heavy atom. The molecule has 0 unspecified atom stereocenters. The average Bonchev–Trinajstić information content (AvgIpc) is 2.74. The van der Waals surface area contributed by atoms with E-state index in [4.69, 9.17) is 9.47 Å². The van der Waals surface area contributed by atoms with Gasteiger partial charge in [-0.15, -0.1) is 0 Å². The third-order valence-corrected chi connectivity index (χ3v) is 6.73. The first-order chi connectivity index (χ1) is 14.1. The van der Waals surface area contributed by atoms with Crippen LogP contribution in [0.1, 0.15) is 77.9 Å². The molecule has 0 aliphatic heterocycles. The van der Waals surface area contributed by atoms with Crippen LogP contribution in [0.3, 0.4) is 0 Å². The number of ketones is 1. The number of Topliss-reactive ketones (excluding diaryl/α,β-unsaturated/α-hetero) is 1.